The van der Waals surface area contributed by atoms with Gasteiger partial charge in [-0.2, -0.15) is 11.8 Å². The van der Waals surface area contributed by atoms with Crippen molar-refractivity contribution in [1.82, 2.24) is 5.32 Å². The average molecular weight is 355 g/mol. The fourth-order valence-corrected chi connectivity index (χ4v) is 2.81. The van der Waals surface area contributed by atoms with E-state index in [0.29, 0.717) is 12.2 Å². The van der Waals surface area contributed by atoms with Gasteiger partial charge in [0.05, 0.1) is 13.2 Å². The Morgan fingerprint density at radius 2 is 1.96 bits per heavy atom. The average Bonchev–Trinajstić information content (AvgIpc) is 2.51. The van der Waals surface area contributed by atoms with Gasteiger partial charge in [0.1, 0.15) is 18.0 Å². The molecule has 134 valence electrons. The van der Waals surface area contributed by atoms with Crippen molar-refractivity contribution in [3.05, 3.63) is 29.8 Å². The Kier molecular flexibility index (Phi) is 8.46. The van der Waals surface area contributed by atoms with E-state index < -0.39 is 11.7 Å². The molecule has 1 atom stereocenters. The number of alkyl carbamates (subject to hydrolysis) is 1. The van der Waals surface area contributed by atoms with Crippen LogP contribution in [0.5, 0.6) is 5.75 Å². The van der Waals surface area contributed by atoms with E-state index in [1.165, 1.54) is 0 Å². The summed E-state index contributed by atoms with van der Waals surface area (Å²) in [7, 11) is 1.63. The van der Waals surface area contributed by atoms with Crippen LogP contribution in [0.25, 0.3) is 0 Å². The zero-order chi connectivity index (χ0) is 18.0. The highest BCUT2D eigenvalue weighted by molar-refractivity contribution is 7.98. The molecule has 0 bridgehead atoms. The summed E-state index contributed by atoms with van der Waals surface area (Å²) in [5.41, 5.74) is 0.573. The largest absolute Gasteiger partial charge is 0.497 e. The highest BCUT2D eigenvalue weighted by Gasteiger charge is 2.20. The number of rotatable bonds is 9. The zero-order valence-corrected chi connectivity index (χ0v) is 15.4. The second-order valence-corrected chi connectivity index (χ2v) is 7.17. The highest BCUT2D eigenvalue weighted by Crippen LogP contribution is 2.17. The first-order valence-corrected chi connectivity index (χ1v) is 8.75. The first-order chi connectivity index (χ1) is 11.3. The van der Waals surface area contributed by atoms with E-state index in [2.05, 4.69) is 5.32 Å². The Bertz CT molecular complexity index is 513. The van der Waals surface area contributed by atoms with E-state index in [4.69, 9.17) is 14.2 Å². The Morgan fingerprint density at radius 1 is 1.29 bits per heavy atom. The molecule has 0 fully saturated rings. The van der Waals surface area contributed by atoms with Crippen molar-refractivity contribution in [3.8, 4) is 5.75 Å². The third-order valence-electron chi connectivity index (χ3n) is 2.83. The van der Waals surface area contributed by atoms with E-state index >= 15 is 0 Å². The topological polar surface area (TPSA) is 73.9 Å². The molecular weight excluding hydrogens is 330 g/mol. The molecule has 0 aliphatic rings. The van der Waals surface area contributed by atoms with E-state index in [9.17, 15) is 9.59 Å². The predicted octanol–water partition coefficient (Wildman–Crippen LogP) is 2.99. The lowest BCUT2D eigenvalue weighted by molar-refractivity contribution is -0.129. The third-order valence-corrected chi connectivity index (χ3v) is 4.01. The molecular formula is C17H25NO5S. The molecule has 6 nitrogen and oxygen atoms in total. The van der Waals surface area contributed by atoms with Crippen molar-refractivity contribution in [3.63, 3.8) is 0 Å². The quantitative estimate of drug-likeness (QED) is 0.687. The van der Waals surface area contributed by atoms with Crippen molar-refractivity contribution in [2.24, 2.45) is 0 Å². The first-order valence-electron chi connectivity index (χ1n) is 7.59. The molecule has 0 aromatic heterocycles. The monoisotopic (exact) mass is 355 g/mol. The van der Waals surface area contributed by atoms with Gasteiger partial charge in [0.25, 0.3) is 6.47 Å². The van der Waals surface area contributed by atoms with Crippen molar-refractivity contribution >= 4 is 24.3 Å². The van der Waals surface area contributed by atoms with Gasteiger partial charge in [-0.05, 0) is 38.5 Å². The van der Waals surface area contributed by atoms with Gasteiger partial charge >= 0.3 is 6.09 Å². The maximum atomic E-state index is 11.8. The molecule has 24 heavy (non-hydrogen) atoms. The first kappa shape index (κ1) is 20.2. The van der Waals surface area contributed by atoms with Gasteiger partial charge in [-0.3, -0.25) is 4.79 Å². The van der Waals surface area contributed by atoms with Gasteiger partial charge in [0.15, 0.2) is 0 Å². The molecule has 1 amide bonds. The van der Waals surface area contributed by atoms with E-state index in [-0.39, 0.29) is 12.6 Å². The number of benzene rings is 1. The van der Waals surface area contributed by atoms with Gasteiger partial charge in [-0.1, -0.05) is 12.1 Å². The van der Waals surface area contributed by atoms with Crippen LogP contribution in [0.3, 0.4) is 0 Å². The van der Waals surface area contributed by atoms with Gasteiger partial charge < -0.3 is 19.5 Å². The number of hydrogen-bond donors (Lipinski definition) is 1. The SMILES string of the molecule is COc1ccc(CSCC(COC=O)NC(=O)OC(C)(C)C)cc1. The van der Waals surface area contributed by atoms with Gasteiger partial charge in [0, 0.05) is 11.5 Å². The molecule has 1 rings (SSSR count). The Labute approximate surface area is 147 Å². The summed E-state index contributed by atoms with van der Waals surface area (Å²) in [6.07, 6.45) is -0.521. The van der Waals surface area contributed by atoms with E-state index in [1.54, 1.807) is 39.6 Å². The van der Waals surface area contributed by atoms with Crippen LogP contribution < -0.4 is 10.1 Å². The maximum Gasteiger partial charge on any atom is 0.408 e. The number of nitrogens with one attached hydrogen (secondary N) is 1. The van der Waals surface area contributed by atoms with Crippen molar-refractivity contribution in [2.45, 2.75) is 38.2 Å². The number of methoxy groups -OCH3 is 1. The molecule has 0 saturated carbocycles. The fraction of sp³-hybridized carbons (Fsp3) is 0.529. The normalized spacial score (nSPS) is 12.2. The molecule has 0 aliphatic heterocycles. The van der Waals surface area contributed by atoms with Gasteiger partial charge in [-0.15, -0.1) is 0 Å². The van der Waals surface area contributed by atoms with Crippen LogP contribution in [0.15, 0.2) is 24.3 Å². The Morgan fingerprint density at radius 3 is 2.50 bits per heavy atom. The van der Waals surface area contributed by atoms with Crippen LogP contribution in [-0.2, 0) is 20.0 Å². The minimum Gasteiger partial charge on any atom is -0.497 e. The van der Waals surface area contributed by atoms with E-state index in [1.807, 2.05) is 24.3 Å². The Hall–Kier alpha value is -1.89. The van der Waals surface area contributed by atoms with Gasteiger partial charge in [0.2, 0.25) is 0 Å². The minimum atomic E-state index is -0.573. The number of ether oxygens (including phenoxy) is 3. The van der Waals surface area contributed by atoms with Crippen LogP contribution in [0, 0.1) is 0 Å². The maximum absolute atomic E-state index is 11.8. The number of carbonyl (C=O) groups excluding carboxylic acids is 2. The van der Waals surface area contributed by atoms with Crippen molar-refractivity contribution in [2.75, 3.05) is 19.5 Å². The molecule has 0 radical (unpaired) electrons. The summed E-state index contributed by atoms with van der Waals surface area (Å²) < 4.78 is 15.1. The van der Waals surface area contributed by atoms with E-state index in [0.717, 1.165) is 17.1 Å². The second kappa shape index (κ2) is 10.1. The lowest BCUT2D eigenvalue weighted by Gasteiger charge is -2.23. The molecule has 1 aromatic rings. The number of hydrogen-bond acceptors (Lipinski definition) is 6. The van der Waals surface area contributed by atoms with Crippen LogP contribution in [0.4, 0.5) is 4.79 Å². The van der Waals surface area contributed by atoms with Crippen molar-refractivity contribution < 1.29 is 23.8 Å². The van der Waals surface area contributed by atoms with Crippen molar-refractivity contribution in [1.29, 1.82) is 0 Å². The summed E-state index contributed by atoms with van der Waals surface area (Å²) in [5, 5.41) is 2.73. The lowest BCUT2D eigenvalue weighted by atomic mass is 10.2. The summed E-state index contributed by atoms with van der Waals surface area (Å²) >= 11 is 1.63. The summed E-state index contributed by atoms with van der Waals surface area (Å²) in [4.78, 5) is 22.2. The molecule has 0 heterocycles. The fourth-order valence-electron chi connectivity index (χ4n) is 1.80. The summed E-state index contributed by atoms with van der Waals surface area (Å²) in [6, 6.07) is 7.48. The molecule has 0 aliphatic carbocycles. The molecule has 0 saturated heterocycles. The third kappa shape index (κ3) is 8.67. The second-order valence-electron chi connectivity index (χ2n) is 6.14. The van der Waals surface area contributed by atoms with Crippen LogP contribution in [-0.4, -0.2) is 43.7 Å². The number of amides is 1. The van der Waals surface area contributed by atoms with Gasteiger partial charge in [-0.25, -0.2) is 4.79 Å². The minimum absolute atomic E-state index is 0.109. The number of carbonyl (C=O) groups is 2. The predicted molar refractivity (Wildman–Crippen MR) is 94.3 cm³/mol. The smallest absolute Gasteiger partial charge is 0.408 e. The zero-order valence-electron chi connectivity index (χ0n) is 14.5. The number of thioether (sulfide) groups is 1. The lowest BCUT2D eigenvalue weighted by Crippen LogP contribution is -2.42. The van der Waals surface area contributed by atoms with Crippen LogP contribution >= 0.6 is 11.8 Å². The molecule has 1 N–H and O–H groups in total. The van der Waals surface area contributed by atoms with Crippen LogP contribution in [0.1, 0.15) is 26.3 Å². The Balaban J connectivity index is 2.46. The molecule has 1 unspecified atom stereocenters. The molecule has 1 aromatic carbocycles. The highest BCUT2D eigenvalue weighted by atomic mass is 32.2. The van der Waals surface area contributed by atoms with Crippen LogP contribution in [0.2, 0.25) is 0 Å². The summed E-state index contributed by atoms with van der Waals surface area (Å²) in [6.45, 7) is 5.86. The molecule has 7 heteroatoms. The summed E-state index contributed by atoms with van der Waals surface area (Å²) in [5.74, 6) is 2.18. The molecule has 0 spiro atoms. The standard InChI is InChI=1S/C17H25NO5S/c1-17(2,3)23-16(20)18-14(9-22-12-19)11-24-10-13-5-7-15(21-4)8-6-13/h5-8,12,14H,9-11H2,1-4H3,(H,18,20).